The zero-order valence-corrected chi connectivity index (χ0v) is 10.0. The Kier molecular flexibility index (Phi) is 2.47. The van der Waals surface area contributed by atoms with Crippen molar-refractivity contribution in [3.63, 3.8) is 0 Å². The molecule has 3 heteroatoms. The van der Waals surface area contributed by atoms with E-state index in [-0.39, 0.29) is 5.41 Å². The molecule has 0 fully saturated rings. The molecule has 2 nitrogen and oxygen atoms in total. The van der Waals surface area contributed by atoms with Crippen LogP contribution in [0.3, 0.4) is 0 Å². The van der Waals surface area contributed by atoms with E-state index >= 15 is 0 Å². The quantitative estimate of drug-likeness (QED) is 0.677. The summed E-state index contributed by atoms with van der Waals surface area (Å²) in [7, 11) is 0. The van der Waals surface area contributed by atoms with E-state index in [0.717, 1.165) is 17.0 Å². The zero-order chi connectivity index (χ0) is 11.1. The second-order valence-electron chi connectivity index (χ2n) is 4.72. The summed E-state index contributed by atoms with van der Waals surface area (Å²) in [6, 6.07) is 6.00. The fourth-order valence-electron chi connectivity index (χ4n) is 1.77. The third-order valence-electron chi connectivity index (χ3n) is 2.47. The number of imidazole rings is 1. The molecule has 0 aliphatic heterocycles. The summed E-state index contributed by atoms with van der Waals surface area (Å²) in [4.78, 5) is 4.63. The fourth-order valence-corrected chi connectivity index (χ4v) is 2.03. The van der Waals surface area contributed by atoms with E-state index in [0.29, 0.717) is 5.88 Å². The maximum atomic E-state index is 6.00. The molecular formula is C12H15ClN2. The normalized spacial score (nSPS) is 12.3. The van der Waals surface area contributed by atoms with Gasteiger partial charge >= 0.3 is 0 Å². The zero-order valence-electron chi connectivity index (χ0n) is 9.29. The molecule has 0 saturated heterocycles. The lowest BCUT2D eigenvalue weighted by Crippen LogP contribution is -2.14. The number of nitrogens with zero attached hydrogens (tertiary/aromatic N) is 2. The molecule has 2 heterocycles. The van der Waals surface area contributed by atoms with Crippen LogP contribution in [0.5, 0.6) is 0 Å². The molecule has 0 amide bonds. The molecule has 0 atom stereocenters. The first-order valence-electron chi connectivity index (χ1n) is 5.06. The summed E-state index contributed by atoms with van der Waals surface area (Å²) >= 11 is 6.00. The standard InChI is InChI=1S/C12H15ClN2/c1-12(2,3)11-9(8-13)15-7-5-4-6-10(15)14-11/h4-7H,8H2,1-3H3. The lowest BCUT2D eigenvalue weighted by Gasteiger charge is -2.16. The molecule has 0 spiro atoms. The van der Waals surface area contributed by atoms with Gasteiger partial charge in [-0.25, -0.2) is 4.98 Å². The van der Waals surface area contributed by atoms with Gasteiger partial charge in [0, 0.05) is 11.6 Å². The van der Waals surface area contributed by atoms with E-state index in [2.05, 4.69) is 30.2 Å². The molecule has 15 heavy (non-hydrogen) atoms. The van der Waals surface area contributed by atoms with Crippen LogP contribution in [0.1, 0.15) is 32.2 Å². The highest BCUT2D eigenvalue weighted by atomic mass is 35.5. The SMILES string of the molecule is CC(C)(C)c1nc2ccccn2c1CCl. The molecular weight excluding hydrogens is 208 g/mol. The summed E-state index contributed by atoms with van der Waals surface area (Å²) in [6.45, 7) is 6.47. The van der Waals surface area contributed by atoms with Gasteiger partial charge in [0.1, 0.15) is 5.65 Å². The highest BCUT2D eigenvalue weighted by Gasteiger charge is 2.22. The predicted octanol–water partition coefficient (Wildman–Crippen LogP) is 3.37. The third-order valence-corrected chi connectivity index (χ3v) is 2.72. The van der Waals surface area contributed by atoms with Crippen molar-refractivity contribution in [2.45, 2.75) is 32.1 Å². The van der Waals surface area contributed by atoms with E-state index in [4.69, 9.17) is 11.6 Å². The average molecular weight is 223 g/mol. The molecule has 2 aromatic rings. The number of hydrogen-bond donors (Lipinski definition) is 0. The molecule has 80 valence electrons. The van der Waals surface area contributed by atoms with Crippen LogP contribution in [0, 0.1) is 0 Å². The number of alkyl halides is 1. The molecule has 0 bridgehead atoms. The van der Waals surface area contributed by atoms with Crippen molar-refractivity contribution >= 4 is 17.2 Å². The number of pyridine rings is 1. The minimum atomic E-state index is 0.0379. The van der Waals surface area contributed by atoms with Gasteiger partial charge in [0.2, 0.25) is 0 Å². The first kappa shape index (κ1) is 10.5. The van der Waals surface area contributed by atoms with Gasteiger partial charge in [-0.05, 0) is 12.1 Å². The Bertz CT molecular complexity index is 480. The highest BCUT2D eigenvalue weighted by Crippen LogP contribution is 2.27. The number of aromatic nitrogens is 2. The van der Waals surface area contributed by atoms with Gasteiger partial charge in [0.25, 0.3) is 0 Å². The monoisotopic (exact) mass is 222 g/mol. The molecule has 0 N–H and O–H groups in total. The van der Waals surface area contributed by atoms with Gasteiger partial charge in [0.15, 0.2) is 0 Å². The first-order valence-corrected chi connectivity index (χ1v) is 5.60. The van der Waals surface area contributed by atoms with Crippen LogP contribution in [0.25, 0.3) is 5.65 Å². The van der Waals surface area contributed by atoms with Crippen LogP contribution in [0.4, 0.5) is 0 Å². The Morgan fingerprint density at radius 3 is 2.67 bits per heavy atom. The van der Waals surface area contributed by atoms with E-state index in [1.807, 2.05) is 24.4 Å². The number of hydrogen-bond acceptors (Lipinski definition) is 1. The summed E-state index contributed by atoms with van der Waals surface area (Å²) in [5.41, 5.74) is 3.19. The minimum absolute atomic E-state index is 0.0379. The Morgan fingerprint density at radius 2 is 2.07 bits per heavy atom. The number of fused-ring (bicyclic) bond motifs is 1. The largest absolute Gasteiger partial charge is 0.303 e. The topological polar surface area (TPSA) is 17.3 Å². The molecule has 0 aliphatic carbocycles. The van der Waals surface area contributed by atoms with Crippen LogP contribution in [-0.2, 0) is 11.3 Å². The fraction of sp³-hybridized carbons (Fsp3) is 0.417. The second-order valence-corrected chi connectivity index (χ2v) is 4.99. The predicted molar refractivity (Wildman–Crippen MR) is 63.4 cm³/mol. The number of rotatable bonds is 1. The van der Waals surface area contributed by atoms with Crippen LogP contribution in [0.2, 0.25) is 0 Å². The Morgan fingerprint density at radius 1 is 1.33 bits per heavy atom. The number of halogens is 1. The maximum Gasteiger partial charge on any atom is 0.137 e. The van der Waals surface area contributed by atoms with Gasteiger partial charge in [-0.2, -0.15) is 0 Å². The van der Waals surface area contributed by atoms with Crippen molar-refractivity contribution < 1.29 is 0 Å². The van der Waals surface area contributed by atoms with Crippen LogP contribution in [0.15, 0.2) is 24.4 Å². The van der Waals surface area contributed by atoms with E-state index in [1.165, 1.54) is 0 Å². The van der Waals surface area contributed by atoms with E-state index in [9.17, 15) is 0 Å². The van der Waals surface area contributed by atoms with E-state index in [1.54, 1.807) is 0 Å². The van der Waals surface area contributed by atoms with Crippen molar-refractivity contribution in [2.75, 3.05) is 0 Å². The molecule has 0 aromatic carbocycles. The Hall–Kier alpha value is -1.02. The van der Waals surface area contributed by atoms with Crippen molar-refractivity contribution in [3.05, 3.63) is 35.8 Å². The highest BCUT2D eigenvalue weighted by molar-refractivity contribution is 6.17. The minimum Gasteiger partial charge on any atom is -0.303 e. The lowest BCUT2D eigenvalue weighted by molar-refractivity contribution is 0.567. The van der Waals surface area contributed by atoms with Crippen LogP contribution < -0.4 is 0 Å². The summed E-state index contributed by atoms with van der Waals surface area (Å²) < 4.78 is 2.06. The second kappa shape index (κ2) is 3.53. The van der Waals surface area contributed by atoms with Crippen LogP contribution >= 0.6 is 11.6 Å². The van der Waals surface area contributed by atoms with Gasteiger partial charge < -0.3 is 4.40 Å². The molecule has 0 saturated carbocycles. The smallest absolute Gasteiger partial charge is 0.137 e. The first-order chi connectivity index (χ1) is 7.04. The maximum absolute atomic E-state index is 6.00. The van der Waals surface area contributed by atoms with Crippen molar-refractivity contribution in [1.82, 2.24) is 9.38 Å². The van der Waals surface area contributed by atoms with E-state index < -0.39 is 0 Å². The van der Waals surface area contributed by atoms with Crippen molar-refractivity contribution in [1.29, 1.82) is 0 Å². The van der Waals surface area contributed by atoms with Gasteiger partial charge in [-0.15, -0.1) is 11.6 Å². The summed E-state index contributed by atoms with van der Waals surface area (Å²) in [5, 5.41) is 0. The summed E-state index contributed by atoms with van der Waals surface area (Å²) in [6.07, 6.45) is 2.01. The Labute approximate surface area is 94.9 Å². The third kappa shape index (κ3) is 1.74. The Balaban J connectivity index is 2.75. The molecule has 0 aliphatic rings. The molecule has 0 unspecified atom stereocenters. The van der Waals surface area contributed by atoms with Gasteiger partial charge in [0.05, 0.1) is 17.3 Å². The van der Waals surface area contributed by atoms with Gasteiger partial charge in [-0.3, -0.25) is 0 Å². The molecule has 2 rings (SSSR count). The lowest BCUT2D eigenvalue weighted by atomic mass is 9.91. The van der Waals surface area contributed by atoms with Crippen molar-refractivity contribution in [3.8, 4) is 0 Å². The van der Waals surface area contributed by atoms with Crippen molar-refractivity contribution in [2.24, 2.45) is 0 Å². The molecule has 0 radical (unpaired) electrons. The molecule has 2 aromatic heterocycles. The summed E-state index contributed by atoms with van der Waals surface area (Å²) in [5.74, 6) is 0.498. The average Bonchev–Trinajstić information content (AvgIpc) is 2.55. The van der Waals surface area contributed by atoms with Gasteiger partial charge in [-0.1, -0.05) is 26.8 Å². The van der Waals surface area contributed by atoms with Crippen LogP contribution in [-0.4, -0.2) is 9.38 Å².